The number of benzene rings is 3. The maximum Gasteiger partial charge on any atom is 0.257 e. The zero-order valence-corrected chi connectivity index (χ0v) is 18.3. The topological polar surface area (TPSA) is 78.5 Å². The highest BCUT2D eigenvalue weighted by atomic mass is 19.1. The quantitative estimate of drug-likeness (QED) is 0.273. The molecular weight excluding hydrogens is 419 g/mol. The first-order valence-electron chi connectivity index (χ1n) is 10.8. The minimum Gasteiger partial charge on any atom is -0.494 e. The van der Waals surface area contributed by atoms with Gasteiger partial charge in [0.25, 0.3) is 5.91 Å². The molecule has 1 aromatic heterocycles. The number of aromatic amines is 1. The number of halogens is 1. The fraction of sp³-hybridized carbons (Fsp3) is 0.154. The van der Waals surface area contributed by atoms with Gasteiger partial charge in [0.05, 0.1) is 6.61 Å². The number of hydrogen-bond acceptors (Lipinski definition) is 3. The maximum absolute atomic E-state index is 13.3. The average Bonchev–Trinajstić information content (AvgIpc) is 3.24. The summed E-state index contributed by atoms with van der Waals surface area (Å²) in [6, 6.07) is 20.9. The van der Waals surface area contributed by atoms with Gasteiger partial charge in [-0.05, 0) is 73.5 Å². The molecule has 7 heteroatoms. The van der Waals surface area contributed by atoms with E-state index in [1.54, 1.807) is 36.4 Å². The van der Waals surface area contributed by atoms with E-state index in [1.165, 1.54) is 12.1 Å². The minimum absolute atomic E-state index is 0.292. The number of anilines is 1. The molecule has 33 heavy (non-hydrogen) atoms. The Balaban J connectivity index is 1.49. The first-order valence-corrected chi connectivity index (χ1v) is 10.8. The number of rotatable bonds is 7. The Morgan fingerprint density at radius 2 is 1.79 bits per heavy atom. The molecule has 6 nitrogen and oxygen atoms in total. The molecule has 1 heterocycles. The summed E-state index contributed by atoms with van der Waals surface area (Å²) >= 11 is 0. The van der Waals surface area contributed by atoms with Crippen LogP contribution in [0.15, 0.2) is 84.0 Å². The van der Waals surface area contributed by atoms with Crippen molar-refractivity contribution in [2.45, 2.75) is 13.3 Å². The number of nitrogens with zero attached hydrogens (tertiary/aromatic N) is 1. The molecular formula is C26H25FN4O2. The molecule has 4 aromatic rings. The van der Waals surface area contributed by atoms with E-state index in [2.05, 4.69) is 26.7 Å². The molecule has 168 valence electrons. The number of aliphatic imine (C=N–C) groups is 1. The van der Waals surface area contributed by atoms with Crippen LogP contribution in [0.1, 0.15) is 22.8 Å². The summed E-state index contributed by atoms with van der Waals surface area (Å²) in [4.78, 5) is 20.6. The summed E-state index contributed by atoms with van der Waals surface area (Å²) in [6.07, 6.45) is 2.67. The van der Waals surface area contributed by atoms with Crippen molar-refractivity contribution in [3.63, 3.8) is 0 Å². The highest BCUT2D eigenvalue weighted by Crippen LogP contribution is 2.18. The second kappa shape index (κ2) is 10.5. The molecule has 0 aliphatic heterocycles. The largest absolute Gasteiger partial charge is 0.494 e. The molecule has 0 radical (unpaired) electrons. The highest BCUT2D eigenvalue weighted by molar-refractivity contribution is 6.10. The third-order valence-electron chi connectivity index (χ3n) is 5.09. The van der Waals surface area contributed by atoms with Gasteiger partial charge in [0.15, 0.2) is 0 Å². The number of amides is 1. The van der Waals surface area contributed by atoms with Crippen LogP contribution < -0.4 is 15.4 Å². The summed E-state index contributed by atoms with van der Waals surface area (Å²) in [5.74, 6) is 0.349. The predicted octanol–water partition coefficient (Wildman–Crippen LogP) is 5.15. The van der Waals surface area contributed by atoms with Crippen molar-refractivity contribution in [1.29, 1.82) is 0 Å². The van der Waals surface area contributed by atoms with E-state index < -0.39 is 0 Å². The third kappa shape index (κ3) is 5.77. The van der Waals surface area contributed by atoms with E-state index >= 15 is 0 Å². The number of carbonyl (C=O) groups excluding carboxylic acids is 1. The Bertz CT molecular complexity index is 1250. The van der Waals surface area contributed by atoms with Gasteiger partial charge in [-0.2, -0.15) is 0 Å². The monoisotopic (exact) mass is 444 g/mol. The van der Waals surface area contributed by atoms with E-state index in [9.17, 15) is 9.18 Å². The average molecular weight is 445 g/mol. The molecule has 0 aliphatic carbocycles. The lowest BCUT2D eigenvalue weighted by Crippen LogP contribution is -2.36. The number of nitrogens with one attached hydrogen (secondary N) is 3. The van der Waals surface area contributed by atoms with Crippen LogP contribution in [0.4, 0.5) is 10.1 Å². The van der Waals surface area contributed by atoms with Gasteiger partial charge in [-0.1, -0.05) is 18.2 Å². The number of carbonyl (C=O) groups is 1. The van der Waals surface area contributed by atoms with E-state index in [1.807, 2.05) is 31.3 Å². The van der Waals surface area contributed by atoms with Gasteiger partial charge in [0.2, 0.25) is 5.96 Å². The molecule has 4 rings (SSSR count). The molecule has 0 unspecified atom stereocenters. The Morgan fingerprint density at radius 1 is 1.03 bits per heavy atom. The predicted molar refractivity (Wildman–Crippen MR) is 129 cm³/mol. The number of aromatic nitrogens is 1. The lowest BCUT2D eigenvalue weighted by Gasteiger charge is -2.12. The number of ether oxygens (including phenoxy) is 1. The van der Waals surface area contributed by atoms with Gasteiger partial charge in [0, 0.05) is 34.9 Å². The van der Waals surface area contributed by atoms with Crippen molar-refractivity contribution in [1.82, 2.24) is 10.3 Å². The molecule has 0 fully saturated rings. The van der Waals surface area contributed by atoms with Gasteiger partial charge in [0.1, 0.15) is 11.6 Å². The number of fused-ring (bicyclic) bond motifs is 1. The van der Waals surface area contributed by atoms with Gasteiger partial charge in [-0.3, -0.25) is 15.1 Å². The van der Waals surface area contributed by atoms with E-state index in [0.29, 0.717) is 42.5 Å². The standard InChI is InChI=1S/C26H25FN4O2/c1-2-33-22-13-7-18(8-14-22)25(32)31-26(30-21-11-9-20(27)10-12-21)28-16-15-19-17-29-24-6-4-3-5-23(19)24/h3-14,17,29H,2,15-16H2,1H3,(H2,28,30,31,32). The zero-order valence-electron chi connectivity index (χ0n) is 18.3. The first-order chi connectivity index (χ1) is 16.1. The summed E-state index contributed by atoms with van der Waals surface area (Å²) in [5.41, 5.74) is 3.32. The Kier molecular flexibility index (Phi) is 6.99. The number of guanidine groups is 1. The third-order valence-corrected chi connectivity index (χ3v) is 5.09. The highest BCUT2D eigenvalue weighted by Gasteiger charge is 2.10. The van der Waals surface area contributed by atoms with Crippen LogP contribution in [0.2, 0.25) is 0 Å². The molecule has 0 saturated carbocycles. The number of hydrogen-bond donors (Lipinski definition) is 3. The summed E-state index contributed by atoms with van der Waals surface area (Å²) in [5, 5.41) is 7.05. The van der Waals surface area contributed by atoms with Gasteiger partial charge >= 0.3 is 0 Å². The molecule has 0 aliphatic rings. The summed E-state index contributed by atoms with van der Waals surface area (Å²) in [6.45, 7) is 2.91. The molecule has 3 N–H and O–H groups in total. The van der Waals surface area contributed by atoms with Crippen LogP contribution in [0, 0.1) is 5.82 Å². The maximum atomic E-state index is 13.3. The molecule has 3 aromatic carbocycles. The van der Waals surface area contributed by atoms with E-state index in [4.69, 9.17) is 4.74 Å². The molecule has 0 bridgehead atoms. The molecule has 1 amide bonds. The van der Waals surface area contributed by atoms with Gasteiger partial charge in [-0.15, -0.1) is 0 Å². The molecule has 0 saturated heterocycles. The van der Waals surface area contributed by atoms with Crippen LogP contribution in [0.5, 0.6) is 5.75 Å². The fourth-order valence-corrected chi connectivity index (χ4v) is 3.46. The van der Waals surface area contributed by atoms with Crippen LogP contribution in [0.25, 0.3) is 10.9 Å². The van der Waals surface area contributed by atoms with E-state index in [0.717, 1.165) is 16.5 Å². The SMILES string of the molecule is CCOc1ccc(C(=O)NC(=NCCc2c[nH]c3ccccc23)Nc2ccc(F)cc2)cc1. The fourth-order valence-electron chi connectivity index (χ4n) is 3.46. The van der Waals surface area contributed by atoms with Crippen molar-refractivity contribution in [2.24, 2.45) is 4.99 Å². The van der Waals surface area contributed by atoms with Crippen molar-refractivity contribution in [3.05, 3.63) is 95.9 Å². The Morgan fingerprint density at radius 3 is 2.55 bits per heavy atom. The molecule has 0 spiro atoms. The summed E-state index contributed by atoms with van der Waals surface area (Å²) < 4.78 is 18.7. The second-order valence-corrected chi connectivity index (χ2v) is 7.38. The van der Waals surface area contributed by atoms with Crippen LogP contribution in [-0.2, 0) is 6.42 Å². The normalized spacial score (nSPS) is 11.4. The number of H-pyrrole nitrogens is 1. The lowest BCUT2D eigenvalue weighted by molar-refractivity contribution is 0.0977. The van der Waals surface area contributed by atoms with Crippen molar-refractivity contribution < 1.29 is 13.9 Å². The smallest absolute Gasteiger partial charge is 0.257 e. The van der Waals surface area contributed by atoms with Gasteiger partial charge < -0.3 is 15.0 Å². The van der Waals surface area contributed by atoms with Crippen LogP contribution in [-0.4, -0.2) is 30.0 Å². The first kappa shape index (κ1) is 22.1. The molecule has 0 atom stereocenters. The van der Waals surface area contributed by atoms with Crippen LogP contribution >= 0.6 is 0 Å². The van der Waals surface area contributed by atoms with Crippen molar-refractivity contribution in [2.75, 3.05) is 18.5 Å². The zero-order chi connectivity index (χ0) is 23.0. The number of para-hydroxylation sites is 1. The summed E-state index contributed by atoms with van der Waals surface area (Å²) in [7, 11) is 0. The van der Waals surface area contributed by atoms with E-state index in [-0.39, 0.29) is 11.7 Å². The minimum atomic E-state index is -0.336. The Hall–Kier alpha value is -4.13. The van der Waals surface area contributed by atoms with Crippen LogP contribution in [0.3, 0.4) is 0 Å². The van der Waals surface area contributed by atoms with Crippen molar-refractivity contribution >= 4 is 28.5 Å². The van der Waals surface area contributed by atoms with Gasteiger partial charge in [-0.25, -0.2) is 4.39 Å². The lowest BCUT2D eigenvalue weighted by atomic mass is 10.1. The van der Waals surface area contributed by atoms with Crippen molar-refractivity contribution in [3.8, 4) is 5.75 Å². The Labute approximate surface area is 191 Å². The second-order valence-electron chi connectivity index (χ2n) is 7.38.